The smallest absolute Gasteiger partial charge is 0.437 e. The summed E-state index contributed by atoms with van der Waals surface area (Å²) in [7, 11) is 2.88. The Kier molecular flexibility index (Phi) is 8.68. The molecule has 4 rings (SSSR count). The maximum Gasteiger partial charge on any atom is 0.437 e. The molecule has 0 spiro atoms. The Morgan fingerprint density at radius 3 is 2.33 bits per heavy atom. The first-order chi connectivity index (χ1) is 20.0. The van der Waals surface area contributed by atoms with Crippen LogP contribution in [0.2, 0.25) is 5.02 Å². The van der Waals surface area contributed by atoms with E-state index in [1.54, 1.807) is 20.8 Å². The predicted octanol–water partition coefficient (Wildman–Crippen LogP) is 5.08. The van der Waals surface area contributed by atoms with Gasteiger partial charge in [0.2, 0.25) is 5.96 Å². The number of hydrogen-bond acceptors (Lipinski definition) is 6. The molecular weight excluding hydrogens is 590 g/mol. The number of aromatic carboxylic acids is 1. The number of guanidine groups is 1. The molecule has 2 aromatic rings. The SMILES string of the molecule is CN(C)C(=O)OC[C@H](c1ccc(Cl)c(C(=O)O)c1)N1C(=O)C(c2cc(F)cc(F)c2)(C2CC2)NC1=NC(=O)OC(C)(C)C. The molecule has 43 heavy (non-hydrogen) atoms. The van der Waals surface area contributed by atoms with Crippen LogP contribution in [0.5, 0.6) is 0 Å². The van der Waals surface area contributed by atoms with Crippen LogP contribution in [0, 0.1) is 17.6 Å². The van der Waals surface area contributed by atoms with Gasteiger partial charge in [-0.25, -0.2) is 23.2 Å². The average molecular weight is 621 g/mol. The third-order valence-electron chi connectivity index (χ3n) is 6.84. The molecule has 3 amide bonds. The Balaban J connectivity index is 1.93. The Morgan fingerprint density at radius 1 is 1.16 bits per heavy atom. The summed E-state index contributed by atoms with van der Waals surface area (Å²) in [5, 5.41) is 12.6. The number of benzene rings is 2. The molecule has 0 bridgehead atoms. The number of carbonyl (C=O) groups is 4. The molecule has 1 saturated heterocycles. The highest BCUT2D eigenvalue weighted by Gasteiger charge is 2.61. The molecular formula is C29H31ClF2N4O7. The molecule has 1 aliphatic heterocycles. The van der Waals surface area contributed by atoms with Gasteiger partial charge in [-0.3, -0.25) is 9.69 Å². The minimum atomic E-state index is -1.75. The summed E-state index contributed by atoms with van der Waals surface area (Å²) in [5.74, 6) is -4.73. The molecule has 11 nitrogen and oxygen atoms in total. The monoisotopic (exact) mass is 620 g/mol. The summed E-state index contributed by atoms with van der Waals surface area (Å²) >= 11 is 6.10. The van der Waals surface area contributed by atoms with Crippen LogP contribution in [0.3, 0.4) is 0 Å². The van der Waals surface area contributed by atoms with Gasteiger partial charge < -0.3 is 24.8 Å². The Bertz CT molecular complexity index is 1490. The van der Waals surface area contributed by atoms with Gasteiger partial charge in [0.1, 0.15) is 29.4 Å². The van der Waals surface area contributed by atoms with Crippen LogP contribution in [0.4, 0.5) is 18.4 Å². The average Bonchev–Trinajstić information content (AvgIpc) is 3.69. The molecule has 230 valence electrons. The molecule has 1 heterocycles. The van der Waals surface area contributed by atoms with Gasteiger partial charge in [-0.2, -0.15) is 0 Å². The fourth-order valence-electron chi connectivity index (χ4n) is 4.84. The Hall–Kier alpha value is -4.26. The maximum absolute atomic E-state index is 14.6. The first kappa shape index (κ1) is 31.7. The number of carbonyl (C=O) groups excluding carboxylic acids is 3. The lowest BCUT2D eigenvalue weighted by molar-refractivity contribution is -0.134. The van der Waals surface area contributed by atoms with Gasteiger partial charge in [0.25, 0.3) is 5.91 Å². The molecule has 2 fully saturated rings. The van der Waals surface area contributed by atoms with Crippen molar-refractivity contribution < 1.29 is 42.5 Å². The zero-order valence-electron chi connectivity index (χ0n) is 24.1. The molecule has 0 aromatic heterocycles. The van der Waals surface area contributed by atoms with E-state index in [1.807, 2.05) is 0 Å². The third kappa shape index (κ3) is 6.71. The van der Waals surface area contributed by atoms with Crippen molar-refractivity contribution in [2.75, 3.05) is 20.7 Å². The van der Waals surface area contributed by atoms with Crippen LogP contribution >= 0.6 is 11.6 Å². The zero-order valence-corrected chi connectivity index (χ0v) is 24.9. The van der Waals surface area contributed by atoms with E-state index in [4.69, 9.17) is 21.1 Å². The van der Waals surface area contributed by atoms with E-state index in [2.05, 4.69) is 10.3 Å². The van der Waals surface area contributed by atoms with Gasteiger partial charge in [0, 0.05) is 20.2 Å². The van der Waals surface area contributed by atoms with E-state index in [9.17, 15) is 33.1 Å². The van der Waals surface area contributed by atoms with Crippen molar-refractivity contribution in [1.82, 2.24) is 15.1 Å². The normalized spacial score (nSPS) is 20.0. The minimum Gasteiger partial charge on any atom is -0.478 e. The lowest BCUT2D eigenvalue weighted by Gasteiger charge is -2.31. The largest absolute Gasteiger partial charge is 0.478 e. The highest BCUT2D eigenvalue weighted by molar-refractivity contribution is 6.33. The second kappa shape index (κ2) is 11.8. The number of rotatable bonds is 7. The number of amides is 3. The molecule has 14 heteroatoms. The molecule has 2 aromatic carbocycles. The lowest BCUT2D eigenvalue weighted by atomic mass is 9.84. The lowest BCUT2D eigenvalue weighted by Crippen LogP contribution is -2.47. The van der Waals surface area contributed by atoms with E-state index >= 15 is 0 Å². The molecule has 0 radical (unpaired) electrons. The van der Waals surface area contributed by atoms with Gasteiger partial charge in [-0.1, -0.05) is 17.7 Å². The first-order valence-corrected chi connectivity index (χ1v) is 13.7. The summed E-state index contributed by atoms with van der Waals surface area (Å²) in [5.41, 5.74) is -2.88. The molecule has 1 aliphatic carbocycles. The van der Waals surface area contributed by atoms with Gasteiger partial charge >= 0.3 is 18.2 Å². The van der Waals surface area contributed by atoms with Crippen LogP contribution in [0.15, 0.2) is 41.4 Å². The van der Waals surface area contributed by atoms with Crippen molar-refractivity contribution in [3.05, 3.63) is 69.7 Å². The van der Waals surface area contributed by atoms with Crippen molar-refractivity contribution in [2.45, 2.75) is 50.8 Å². The zero-order chi connectivity index (χ0) is 31.9. The maximum atomic E-state index is 14.6. The van der Waals surface area contributed by atoms with Crippen LogP contribution < -0.4 is 5.32 Å². The second-order valence-corrected chi connectivity index (χ2v) is 11.9. The predicted molar refractivity (Wildman–Crippen MR) is 151 cm³/mol. The van der Waals surface area contributed by atoms with Crippen molar-refractivity contribution >= 4 is 41.6 Å². The summed E-state index contributed by atoms with van der Waals surface area (Å²) in [4.78, 5) is 58.0. The van der Waals surface area contributed by atoms with Crippen LogP contribution in [0.1, 0.15) is 61.1 Å². The van der Waals surface area contributed by atoms with E-state index in [0.29, 0.717) is 18.9 Å². The number of nitrogens with one attached hydrogen (secondary N) is 1. The molecule has 2 aliphatic rings. The van der Waals surface area contributed by atoms with Gasteiger partial charge in [-0.15, -0.1) is 4.99 Å². The van der Waals surface area contributed by atoms with Gasteiger partial charge in [0.05, 0.1) is 16.6 Å². The highest BCUT2D eigenvalue weighted by Crippen LogP contribution is 2.50. The number of hydrogen-bond donors (Lipinski definition) is 2. The van der Waals surface area contributed by atoms with Crippen molar-refractivity contribution in [3.8, 4) is 0 Å². The number of ether oxygens (including phenoxy) is 2. The molecule has 1 saturated carbocycles. The second-order valence-electron chi connectivity index (χ2n) is 11.5. The Labute approximate surface area is 251 Å². The summed E-state index contributed by atoms with van der Waals surface area (Å²) < 4.78 is 39.8. The van der Waals surface area contributed by atoms with Gasteiger partial charge in [0.15, 0.2) is 0 Å². The molecule has 2 N–H and O–H groups in total. The minimum absolute atomic E-state index is 0.0387. The number of aliphatic imine (C=N–C) groups is 1. The van der Waals surface area contributed by atoms with Crippen molar-refractivity contribution in [3.63, 3.8) is 0 Å². The first-order valence-electron chi connectivity index (χ1n) is 13.3. The standard InChI is InChI=1S/C29H31ClF2N4O7/c1-28(2,3)43-26(40)33-25-34-29(16-7-8-16,17-11-18(31)13-19(32)12-17)24(39)36(25)22(14-42-27(41)35(4)5)15-6-9-21(30)20(10-15)23(37)38/h6,9-13,16,22H,7-8,14H2,1-5H3,(H,37,38)(H,33,34,40)/t22-,29?/m1/s1. The van der Waals surface area contributed by atoms with E-state index in [-0.39, 0.29) is 27.7 Å². The number of nitrogens with zero attached hydrogens (tertiary/aromatic N) is 3. The summed E-state index contributed by atoms with van der Waals surface area (Å²) in [6, 6.07) is 5.38. The van der Waals surface area contributed by atoms with Crippen LogP contribution in [-0.4, -0.2) is 71.2 Å². The van der Waals surface area contributed by atoms with E-state index in [1.165, 1.54) is 32.3 Å². The van der Waals surface area contributed by atoms with Gasteiger partial charge in [-0.05, 0) is 74.9 Å². The van der Waals surface area contributed by atoms with E-state index in [0.717, 1.165) is 21.9 Å². The number of carboxylic acid groups (broad SMARTS) is 1. The fraction of sp³-hybridized carbons (Fsp3) is 0.414. The molecule has 2 atom stereocenters. The van der Waals surface area contributed by atoms with Crippen LogP contribution in [-0.2, 0) is 19.8 Å². The van der Waals surface area contributed by atoms with E-state index < -0.39 is 65.4 Å². The number of halogens is 3. The quantitative estimate of drug-likeness (QED) is 0.437. The summed E-state index contributed by atoms with van der Waals surface area (Å²) in [6.45, 7) is 4.33. The topological polar surface area (TPSA) is 138 Å². The Morgan fingerprint density at radius 2 is 1.79 bits per heavy atom. The van der Waals surface area contributed by atoms with Crippen molar-refractivity contribution in [1.29, 1.82) is 0 Å². The molecule has 1 unspecified atom stereocenters. The fourth-order valence-corrected chi connectivity index (χ4v) is 5.04. The highest BCUT2D eigenvalue weighted by atomic mass is 35.5. The number of carboxylic acids is 1. The third-order valence-corrected chi connectivity index (χ3v) is 7.17. The summed E-state index contributed by atoms with van der Waals surface area (Å²) in [6.07, 6.45) is -0.830. The van der Waals surface area contributed by atoms with Crippen molar-refractivity contribution in [2.24, 2.45) is 10.9 Å². The van der Waals surface area contributed by atoms with Crippen LogP contribution in [0.25, 0.3) is 0 Å².